The predicted octanol–water partition coefficient (Wildman–Crippen LogP) is 1.74. The summed E-state index contributed by atoms with van der Waals surface area (Å²) < 4.78 is 37.5. The van der Waals surface area contributed by atoms with E-state index in [1.54, 1.807) is 20.8 Å². The molecule has 0 aliphatic heterocycles. The smallest absolute Gasteiger partial charge is 0.293 e. The highest BCUT2D eigenvalue weighted by molar-refractivity contribution is 7.89. The van der Waals surface area contributed by atoms with E-state index in [1.807, 2.05) is 0 Å². The third-order valence-electron chi connectivity index (χ3n) is 3.61. The number of nitrogens with one attached hydrogen (secondary N) is 1. The van der Waals surface area contributed by atoms with Gasteiger partial charge in [-0.1, -0.05) is 5.16 Å². The van der Waals surface area contributed by atoms with E-state index in [0.29, 0.717) is 5.82 Å². The van der Waals surface area contributed by atoms with Gasteiger partial charge in [0.25, 0.3) is 15.9 Å². The first-order chi connectivity index (χ1) is 10.6. The lowest BCUT2D eigenvalue weighted by atomic mass is 9.77. The number of furan rings is 1. The van der Waals surface area contributed by atoms with Gasteiger partial charge in [-0.2, -0.15) is 4.98 Å². The molecular formula is C14H20N4O4S. The van der Waals surface area contributed by atoms with Crippen LogP contribution in [0.15, 0.2) is 26.2 Å². The van der Waals surface area contributed by atoms with E-state index in [2.05, 4.69) is 14.9 Å². The summed E-state index contributed by atoms with van der Waals surface area (Å²) in [5, 5.41) is 3.68. The lowest BCUT2D eigenvalue weighted by molar-refractivity contribution is 0.229. The van der Waals surface area contributed by atoms with Gasteiger partial charge < -0.3 is 14.7 Å². The number of aromatic nitrogens is 2. The van der Waals surface area contributed by atoms with E-state index in [9.17, 15) is 8.42 Å². The molecule has 1 aliphatic carbocycles. The molecule has 0 unspecified atom stereocenters. The van der Waals surface area contributed by atoms with Gasteiger partial charge in [-0.15, -0.1) is 0 Å². The fourth-order valence-corrected chi connectivity index (χ4v) is 3.69. The quantitative estimate of drug-likeness (QED) is 0.868. The molecule has 0 atom stereocenters. The van der Waals surface area contributed by atoms with E-state index < -0.39 is 21.1 Å². The van der Waals surface area contributed by atoms with Crippen LogP contribution >= 0.6 is 0 Å². The highest BCUT2D eigenvalue weighted by atomic mass is 32.2. The molecule has 1 saturated carbocycles. The van der Waals surface area contributed by atoms with Gasteiger partial charge in [0, 0.05) is 5.54 Å². The van der Waals surface area contributed by atoms with Crippen LogP contribution in [-0.4, -0.2) is 24.1 Å². The number of hydrogen-bond donors (Lipinski definition) is 2. The summed E-state index contributed by atoms with van der Waals surface area (Å²) in [7, 11) is -3.75. The van der Waals surface area contributed by atoms with Crippen LogP contribution in [0.2, 0.25) is 0 Å². The first-order valence-electron chi connectivity index (χ1n) is 7.36. The van der Waals surface area contributed by atoms with Crippen molar-refractivity contribution in [3.63, 3.8) is 0 Å². The molecule has 2 aromatic heterocycles. The van der Waals surface area contributed by atoms with Gasteiger partial charge >= 0.3 is 0 Å². The summed E-state index contributed by atoms with van der Waals surface area (Å²) in [6.07, 6.45) is 2.64. The molecule has 126 valence electrons. The summed E-state index contributed by atoms with van der Waals surface area (Å²) in [5.74, 6) is 0.738. The van der Waals surface area contributed by atoms with Crippen LogP contribution in [0, 0.1) is 0 Å². The molecule has 0 spiro atoms. The van der Waals surface area contributed by atoms with E-state index in [0.717, 1.165) is 19.3 Å². The molecule has 23 heavy (non-hydrogen) atoms. The Morgan fingerprint density at radius 2 is 2.00 bits per heavy atom. The normalized spacial score (nSPS) is 17.9. The number of hydrogen-bond acceptors (Lipinski definition) is 7. The minimum atomic E-state index is -3.75. The molecule has 0 bridgehead atoms. The van der Waals surface area contributed by atoms with E-state index >= 15 is 0 Å². The SMILES string of the molecule is CC(C)(C)NS(=O)(=O)c1ccc(-c2nc(C3(N)CCC3)no2)o1. The maximum absolute atomic E-state index is 12.2. The fraction of sp³-hybridized carbons (Fsp3) is 0.571. The number of nitrogens with two attached hydrogens (primary N) is 1. The number of rotatable bonds is 4. The average molecular weight is 340 g/mol. The lowest BCUT2D eigenvalue weighted by Gasteiger charge is -2.34. The monoisotopic (exact) mass is 340 g/mol. The zero-order chi connectivity index (χ0) is 16.9. The number of sulfonamides is 1. The summed E-state index contributed by atoms with van der Waals surface area (Å²) in [6.45, 7) is 5.24. The summed E-state index contributed by atoms with van der Waals surface area (Å²) >= 11 is 0. The van der Waals surface area contributed by atoms with Crippen molar-refractivity contribution in [2.45, 2.75) is 56.2 Å². The molecule has 9 heteroatoms. The molecule has 0 saturated heterocycles. The van der Waals surface area contributed by atoms with Gasteiger partial charge in [0.2, 0.25) is 5.09 Å². The topological polar surface area (TPSA) is 124 Å². The lowest BCUT2D eigenvalue weighted by Crippen LogP contribution is -2.44. The van der Waals surface area contributed by atoms with Crippen LogP contribution in [0.25, 0.3) is 11.7 Å². The zero-order valence-corrected chi connectivity index (χ0v) is 14.1. The molecule has 0 radical (unpaired) electrons. The Balaban J connectivity index is 1.85. The van der Waals surface area contributed by atoms with E-state index in [1.165, 1.54) is 12.1 Å². The Labute approximate surface area is 134 Å². The third kappa shape index (κ3) is 3.17. The van der Waals surface area contributed by atoms with Crippen LogP contribution in [-0.2, 0) is 15.6 Å². The van der Waals surface area contributed by atoms with Crippen molar-refractivity contribution in [3.8, 4) is 11.7 Å². The highest BCUT2D eigenvalue weighted by Crippen LogP contribution is 2.37. The number of nitrogens with zero attached hydrogens (tertiary/aromatic N) is 2. The Morgan fingerprint density at radius 1 is 1.30 bits per heavy atom. The first kappa shape index (κ1) is 16.2. The fourth-order valence-electron chi connectivity index (χ4n) is 2.34. The Kier molecular flexibility index (Phi) is 3.62. The molecule has 3 N–H and O–H groups in total. The van der Waals surface area contributed by atoms with Crippen molar-refractivity contribution in [1.29, 1.82) is 0 Å². The predicted molar refractivity (Wildman–Crippen MR) is 81.8 cm³/mol. The van der Waals surface area contributed by atoms with Crippen LogP contribution in [0.5, 0.6) is 0 Å². The average Bonchev–Trinajstić information content (AvgIpc) is 3.02. The second-order valence-electron chi connectivity index (χ2n) is 6.91. The van der Waals surface area contributed by atoms with Crippen LogP contribution < -0.4 is 10.5 Å². The van der Waals surface area contributed by atoms with Gasteiger partial charge in [-0.3, -0.25) is 0 Å². The minimum Gasteiger partial charge on any atom is -0.438 e. The van der Waals surface area contributed by atoms with Gasteiger partial charge in [0.1, 0.15) is 0 Å². The summed E-state index contributed by atoms with van der Waals surface area (Å²) in [4.78, 5) is 4.23. The van der Waals surface area contributed by atoms with Crippen molar-refractivity contribution >= 4 is 10.0 Å². The Bertz CT molecular complexity index is 812. The van der Waals surface area contributed by atoms with Crippen molar-refractivity contribution in [1.82, 2.24) is 14.9 Å². The van der Waals surface area contributed by atoms with Crippen molar-refractivity contribution < 1.29 is 17.4 Å². The molecule has 2 heterocycles. The molecule has 3 rings (SSSR count). The second kappa shape index (κ2) is 5.15. The standard InChI is InChI=1S/C14H20N4O4S/c1-13(2,3)18-23(19,20)10-6-5-9(21-10)11-16-12(17-22-11)14(15)7-4-8-14/h5-6,18H,4,7-8,15H2,1-3H3. The second-order valence-corrected chi connectivity index (χ2v) is 8.52. The molecule has 1 aliphatic rings. The summed E-state index contributed by atoms with van der Waals surface area (Å²) in [6, 6.07) is 2.84. The van der Waals surface area contributed by atoms with Crippen molar-refractivity contribution in [3.05, 3.63) is 18.0 Å². The maximum atomic E-state index is 12.2. The van der Waals surface area contributed by atoms with Gasteiger partial charge in [-0.05, 0) is 52.2 Å². The van der Waals surface area contributed by atoms with Gasteiger partial charge in [0.15, 0.2) is 11.6 Å². The summed E-state index contributed by atoms with van der Waals surface area (Å²) in [5.41, 5.74) is 4.98. The Hall–Kier alpha value is -1.71. The Morgan fingerprint density at radius 3 is 2.57 bits per heavy atom. The van der Waals surface area contributed by atoms with Crippen LogP contribution in [0.1, 0.15) is 45.9 Å². The van der Waals surface area contributed by atoms with Crippen LogP contribution in [0.4, 0.5) is 0 Å². The van der Waals surface area contributed by atoms with Crippen LogP contribution in [0.3, 0.4) is 0 Å². The highest BCUT2D eigenvalue weighted by Gasteiger charge is 2.39. The van der Waals surface area contributed by atoms with Gasteiger partial charge in [-0.25, -0.2) is 13.1 Å². The van der Waals surface area contributed by atoms with E-state index in [4.69, 9.17) is 14.7 Å². The van der Waals surface area contributed by atoms with E-state index in [-0.39, 0.29) is 16.7 Å². The first-order valence-corrected chi connectivity index (χ1v) is 8.85. The van der Waals surface area contributed by atoms with Gasteiger partial charge in [0.05, 0.1) is 5.54 Å². The van der Waals surface area contributed by atoms with Crippen molar-refractivity contribution in [2.24, 2.45) is 5.73 Å². The zero-order valence-electron chi connectivity index (χ0n) is 13.3. The molecule has 8 nitrogen and oxygen atoms in total. The third-order valence-corrected chi connectivity index (χ3v) is 5.24. The molecule has 0 amide bonds. The molecule has 1 fully saturated rings. The minimum absolute atomic E-state index is 0.119. The largest absolute Gasteiger partial charge is 0.438 e. The molecule has 0 aromatic carbocycles. The maximum Gasteiger partial charge on any atom is 0.293 e. The molecular weight excluding hydrogens is 320 g/mol. The van der Waals surface area contributed by atoms with Crippen molar-refractivity contribution in [2.75, 3.05) is 0 Å². The molecule has 2 aromatic rings.